The zero-order valence-corrected chi connectivity index (χ0v) is 12.3. The second-order valence-electron chi connectivity index (χ2n) is 5.34. The molecule has 0 saturated carbocycles. The molecule has 3 heteroatoms. The first-order chi connectivity index (χ1) is 10.1. The van der Waals surface area contributed by atoms with Crippen LogP contribution in [0.4, 0.5) is 0 Å². The lowest BCUT2D eigenvalue weighted by molar-refractivity contribution is 0.833. The highest BCUT2D eigenvalue weighted by atomic mass is 16.1. The number of hydrogen-bond acceptors (Lipinski definition) is 1. The van der Waals surface area contributed by atoms with Gasteiger partial charge in [-0.2, -0.15) is 0 Å². The van der Waals surface area contributed by atoms with E-state index in [0.29, 0.717) is 6.42 Å². The van der Waals surface area contributed by atoms with E-state index < -0.39 is 0 Å². The van der Waals surface area contributed by atoms with Crippen molar-refractivity contribution in [3.05, 3.63) is 87.3 Å². The van der Waals surface area contributed by atoms with Gasteiger partial charge in [-0.05, 0) is 31.5 Å². The van der Waals surface area contributed by atoms with Crippen LogP contribution in [0.2, 0.25) is 0 Å². The normalized spacial score (nSPS) is 10.8. The van der Waals surface area contributed by atoms with Gasteiger partial charge < -0.3 is 0 Å². The summed E-state index contributed by atoms with van der Waals surface area (Å²) in [4.78, 5) is 12.2. The van der Waals surface area contributed by atoms with Crippen molar-refractivity contribution in [3.8, 4) is 5.69 Å². The Morgan fingerprint density at radius 2 is 1.62 bits per heavy atom. The number of para-hydroxylation sites is 1. The molecule has 0 spiro atoms. The summed E-state index contributed by atoms with van der Waals surface area (Å²) < 4.78 is 1.85. The molecule has 3 nitrogen and oxygen atoms in total. The Morgan fingerprint density at radius 1 is 0.952 bits per heavy atom. The Hall–Kier alpha value is -2.55. The van der Waals surface area contributed by atoms with Crippen LogP contribution < -0.4 is 5.56 Å². The smallest absolute Gasteiger partial charge is 0.268 e. The predicted molar refractivity (Wildman–Crippen MR) is 85.1 cm³/mol. The van der Waals surface area contributed by atoms with Gasteiger partial charge in [0, 0.05) is 17.7 Å². The summed E-state index contributed by atoms with van der Waals surface area (Å²) in [6.45, 7) is 4.04. The van der Waals surface area contributed by atoms with E-state index in [-0.39, 0.29) is 5.56 Å². The van der Waals surface area contributed by atoms with Gasteiger partial charge in [0.15, 0.2) is 0 Å². The van der Waals surface area contributed by atoms with Crippen LogP contribution in [-0.4, -0.2) is 9.78 Å². The first-order valence-electron chi connectivity index (χ1n) is 7.06. The maximum absolute atomic E-state index is 12.2. The Bertz CT molecular complexity index is 795. The van der Waals surface area contributed by atoms with Gasteiger partial charge in [-0.3, -0.25) is 14.6 Å². The van der Waals surface area contributed by atoms with Crippen molar-refractivity contribution < 1.29 is 0 Å². The summed E-state index contributed by atoms with van der Waals surface area (Å²) in [7, 11) is 0. The monoisotopic (exact) mass is 278 g/mol. The molecular weight excluding hydrogens is 260 g/mol. The molecule has 0 unspecified atom stereocenters. The van der Waals surface area contributed by atoms with Crippen LogP contribution in [0, 0.1) is 13.8 Å². The average Bonchev–Trinajstić information content (AvgIpc) is 2.78. The predicted octanol–water partition coefficient (Wildman–Crippen LogP) is 3.37. The molecule has 0 aliphatic rings. The van der Waals surface area contributed by atoms with Gasteiger partial charge in [-0.1, -0.05) is 48.0 Å². The van der Waals surface area contributed by atoms with Crippen molar-refractivity contribution in [2.75, 3.05) is 0 Å². The Kier molecular flexibility index (Phi) is 3.48. The molecule has 3 aromatic rings. The summed E-state index contributed by atoms with van der Waals surface area (Å²) in [5, 5.41) is 2.92. The summed E-state index contributed by atoms with van der Waals surface area (Å²) in [6.07, 6.45) is 0.654. The lowest BCUT2D eigenvalue weighted by atomic mass is 10.0. The van der Waals surface area contributed by atoms with Crippen LogP contribution in [-0.2, 0) is 6.42 Å². The zero-order chi connectivity index (χ0) is 14.8. The van der Waals surface area contributed by atoms with E-state index >= 15 is 0 Å². The molecule has 0 aliphatic heterocycles. The van der Waals surface area contributed by atoms with Crippen molar-refractivity contribution in [1.82, 2.24) is 9.78 Å². The van der Waals surface area contributed by atoms with Gasteiger partial charge in [-0.25, -0.2) is 0 Å². The molecular formula is C18H18N2O. The molecule has 0 amide bonds. The van der Waals surface area contributed by atoms with E-state index in [0.717, 1.165) is 22.5 Å². The Labute approximate surface area is 123 Å². The minimum atomic E-state index is -0.0167. The molecule has 1 N–H and O–H groups in total. The largest absolute Gasteiger partial charge is 0.268 e. The van der Waals surface area contributed by atoms with E-state index in [9.17, 15) is 4.79 Å². The molecule has 3 rings (SSSR count). The van der Waals surface area contributed by atoms with Crippen LogP contribution in [0.25, 0.3) is 5.69 Å². The molecule has 21 heavy (non-hydrogen) atoms. The highest BCUT2D eigenvalue weighted by Gasteiger charge is 2.12. The van der Waals surface area contributed by atoms with E-state index in [4.69, 9.17) is 0 Å². The molecule has 0 radical (unpaired) electrons. The van der Waals surface area contributed by atoms with Gasteiger partial charge in [0.1, 0.15) is 0 Å². The maximum Gasteiger partial charge on any atom is 0.268 e. The highest BCUT2D eigenvalue weighted by Crippen LogP contribution is 2.14. The van der Waals surface area contributed by atoms with Crippen molar-refractivity contribution in [2.24, 2.45) is 0 Å². The van der Waals surface area contributed by atoms with Crippen LogP contribution in [0.1, 0.15) is 22.4 Å². The Balaban J connectivity index is 1.99. The average molecular weight is 278 g/mol. The first kappa shape index (κ1) is 13.4. The fourth-order valence-electron chi connectivity index (χ4n) is 2.51. The first-order valence-corrected chi connectivity index (χ1v) is 7.06. The molecule has 1 aromatic heterocycles. The molecule has 0 saturated heterocycles. The number of rotatable bonds is 3. The SMILES string of the molecule is Cc1ccc(Cc2c(C)n(-c3ccccc3)[nH]c2=O)cc1. The van der Waals surface area contributed by atoms with Crippen LogP contribution in [0.3, 0.4) is 0 Å². The second-order valence-corrected chi connectivity index (χ2v) is 5.34. The molecule has 1 heterocycles. The number of nitrogens with zero attached hydrogens (tertiary/aromatic N) is 1. The van der Waals surface area contributed by atoms with Crippen molar-refractivity contribution >= 4 is 0 Å². The lowest BCUT2D eigenvalue weighted by Gasteiger charge is -2.06. The molecule has 0 atom stereocenters. The van der Waals surface area contributed by atoms with Crippen LogP contribution >= 0.6 is 0 Å². The molecule has 0 bridgehead atoms. The molecule has 0 fully saturated rings. The van der Waals surface area contributed by atoms with Crippen LogP contribution in [0.5, 0.6) is 0 Å². The fourth-order valence-corrected chi connectivity index (χ4v) is 2.51. The maximum atomic E-state index is 12.2. The van der Waals surface area contributed by atoms with Gasteiger partial charge in [0.05, 0.1) is 5.69 Å². The number of aryl methyl sites for hydroxylation is 1. The van der Waals surface area contributed by atoms with E-state index in [2.05, 4.69) is 36.3 Å². The van der Waals surface area contributed by atoms with Gasteiger partial charge in [0.25, 0.3) is 5.56 Å². The zero-order valence-electron chi connectivity index (χ0n) is 12.3. The number of hydrogen-bond donors (Lipinski definition) is 1. The third-order valence-electron chi connectivity index (χ3n) is 3.78. The summed E-state index contributed by atoms with van der Waals surface area (Å²) in [6, 6.07) is 18.2. The van der Waals surface area contributed by atoms with E-state index in [1.807, 2.05) is 41.9 Å². The highest BCUT2D eigenvalue weighted by molar-refractivity contribution is 5.36. The summed E-state index contributed by atoms with van der Waals surface area (Å²) >= 11 is 0. The molecule has 106 valence electrons. The lowest BCUT2D eigenvalue weighted by Crippen LogP contribution is -2.07. The fraction of sp³-hybridized carbons (Fsp3) is 0.167. The quantitative estimate of drug-likeness (QED) is 0.783. The number of nitrogens with one attached hydrogen (secondary N) is 1. The van der Waals surface area contributed by atoms with E-state index in [1.54, 1.807) is 0 Å². The number of benzene rings is 2. The second kappa shape index (κ2) is 5.44. The minimum Gasteiger partial charge on any atom is -0.268 e. The van der Waals surface area contributed by atoms with Crippen molar-refractivity contribution in [2.45, 2.75) is 20.3 Å². The standard InChI is InChI=1S/C18H18N2O/c1-13-8-10-15(11-9-13)12-17-14(2)20(19-18(17)21)16-6-4-3-5-7-16/h3-11H,12H2,1-2H3,(H,19,21). The van der Waals surface area contributed by atoms with E-state index in [1.165, 1.54) is 5.56 Å². The number of aromatic nitrogens is 2. The number of aromatic amines is 1. The van der Waals surface area contributed by atoms with Gasteiger partial charge in [0.2, 0.25) is 0 Å². The third kappa shape index (κ3) is 2.68. The van der Waals surface area contributed by atoms with Crippen molar-refractivity contribution in [3.63, 3.8) is 0 Å². The molecule has 2 aromatic carbocycles. The third-order valence-corrected chi connectivity index (χ3v) is 3.78. The van der Waals surface area contributed by atoms with Crippen LogP contribution in [0.15, 0.2) is 59.4 Å². The van der Waals surface area contributed by atoms with Crippen molar-refractivity contribution in [1.29, 1.82) is 0 Å². The Morgan fingerprint density at radius 3 is 2.29 bits per heavy atom. The summed E-state index contributed by atoms with van der Waals surface area (Å²) in [5.41, 5.74) is 5.12. The topological polar surface area (TPSA) is 37.8 Å². The number of H-pyrrole nitrogens is 1. The summed E-state index contributed by atoms with van der Waals surface area (Å²) in [5.74, 6) is 0. The minimum absolute atomic E-state index is 0.0167. The van der Waals surface area contributed by atoms with Gasteiger partial charge >= 0.3 is 0 Å². The molecule has 0 aliphatic carbocycles. The van der Waals surface area contributed by atoms with Gasteiger partial charge in [-0.15, -0.1) is 0 Å².